The van der Waals surface area contributed by atoms with E-state index in [1.165, 1.54) is 25.4 Å². The summed E-state index contributed by atoms with van der Waals surface area (Å²) in [5.41, 5.74) is 0.613. The largest absolute Gasteiger partial charge is 0.494 e. The molecule has 1 amide bonds. The summed E-state index contributed by atoms with van der Waals surface area (Å²) in [4.78, 5) is 24.5. The second-order valence-corrected chi connectivity index (χ2v) is 5.50. The molecule has 24 heavy (non-hydrogen) atoms. The van der Waals surface area contributed by atoms with Crippen molar-refractivity contribution in [2.24, 2.45) is 0 Å². The predicted octanol–water partition coefficient (Wildman–Crippen LogP) is 2.01. The SMILES string of the molecule is COc1ccc(C(=O)Nc2cnc(N(C)C)nc2N(C)C)cc1F. The number of halogens is 1. The first kappa shape index (κ1) is 17.5. The van der Waals surface area contributed by atoms with Crippen LogP contribution in [0.25, 0.3) is 0 Å². The van der Waals surface area contributed by atoms with E-state index in [1.54, 1.807) is 9.80 Å². The molecule has 0 unspecified atom stereocenters. The van der Waals surface area contributed by atoms with E-state index in [0.717, 1.165) is 6.07 Å². The van der Waals surface area contributed by atoms with Gasteiger partial charge in [-0.25, -0.2) is 9.37 Å². The van der Waals surface area contributed by atoms with Crippen LogP contribution in [-0.4, -0.2) is 51.2 Å². The van der Waals surface area contributed by atoms with Crippen LogP contribution >= 0.6 is 0 Å². The van der Waals surface area contributed by atoms with Crippen LogP contribution in [-0.2, 0) is 0 Å². The monoisotopic (exact) mass is 333 g/mol. The molecule has 0 radical (unpaired) electrons. The molecule has 0 saturated heterocycles. The Labute approximate surface area is 140 Å². The van der Waals surface area contributed by atoms with Gasteiger partial charge in [-0.3, -0.25) is 4.79 Å². The molecule has 0 atom stereocenters. The molecular formula is C16H20FN5O2. The van der Waals surface area contributed by atoms with E-state index >= 15 is 0 Å². The van der Waals surface area contributed by atoms with E-state index in [4.69, 9.17) is 4.74 Å². The molecule has 7 nitrogen and oxygen atoms in total. The predicted molar refractivity (Wildman–Crippen MR) is 91.6 cm³/mol. The van der Waals surface area contributed by atoms with Gasteiger partial charge in [-0.2, -0.15) is 4.98 Å². The normalized spacial score (nSPS) is 10.2. The lowest BCUT2D eigenvalue weighted by Crippen LogP contribution is -2.21. The van der Waals surface area contributed by atoms with Crippen molar-refractivity contribution in [3.63, 3.8) is 0 Å². The summed E-state index contributed by atoms with van der Waals surface area (Å²) in [5.74, 6) is 0.0977. The Morgan fingerprint density at radius 1 is 1.21 bits per heavy atom. The van der Waals surface area contributed by atoms with Crippen LogP contribution in [0.2, 0.25) is 0 Å². The number of amides is 1. The van der Waals surface area contributed by atoms with Gasteiger partial charge in [0.25, 0.3) is 5.91 Å². The Kier molecular flexibility index (Phi) is 5.18. The zero-order chi connectivity index (χ0) is 17.9. The molecule has 1 aromatic carbocycles. The number of hydrogen-bond acceptors (Lipinski definition) is 6. The van der Waals surface area contributed by atoms with Crippen molar-refractivity contribution in [2.45, 2.75) is 0 Å². The zero-order valence-corrected chi connectivity index (χ0v) is 14.3. The summed E-state index contributed by atoms with van der Waals surface area (Å²) in [5, 5.41) is 2.71. The Balaban J connectivity index is 2.30. The lowest BCUT2D eigenvalue weighted by Gasteiger charge is -2.19. The van der Waals surface area contributed by atoms with Crippen LogP contribution in [0.5, 0.6) is 5.75 Å². The molecule has 8 heteroatoms. The fourth-order valence-corrected chi connectivity index (χ4v) is 2.01. The van der Waals surface area contributed by atoms with E-state index in [2.05, 4.69) is 15.3 Å². The minimum Gasteiger partial charge on any atom is -0.494 e. The van der Waals surface area contributed by atoms with Crippen LogP contribution < -0.4 is 19.9 Å². The number of nitrogens with zero attached hydrogens (tertiary/aromatic N) is 4. The average molecular weight is 333 g/mol. The van der Waals surface area contributed by atoms with Crippen molar-refractivity contribution in [3.8, 4) is 5.75 Å². The molecule has 128 valence electrons. The van der Waals surface area contributed by atoms with Crippen molar-refractivity contribution in [1.29, 1.82) is 0 Å². The van der Waals surface area contributed by atoms with Crippen LogP contribution in [0.3, 0.4) is 0 Å². The second kappa shape index (κ2) is 7.12. The third kappa shape index (κ3) is 3.70. The highest BCUT2D eigenvalue weighted by Gasteiger charge is 2.15. The highest BCUT2D eigenvalue weighted by atomic mass is 19.1. The van der Waals surface area contributed by atoms with Crippen molar-refractivity contribution in [1.82, 2.24) is 9.97 Å². The Bertz CT molecular complexity index is 749. The van der Waals surface area contributed by atoms with Crippen LogP contribution in [0.1, 0.15) is 10.4 Å². The van der Waals surface area contributed by atoms with Crippen LogP contribution in [0.15, 0.2) is 24.4 Å². The molecule has 0 spiro atoms. The molecule has 2 aromatic rings. The number of benzene rings is 1. The van der Waals surface area contributed by atoms with Gasteiger partial charge in [-0.1, -0.05) is 0 Å². The van der Waals surface area contributed by atoms with E-state index in [1.807, 2.05) is 28.2 Å². The van der Waals surface area contributed by atoms with Crippen molar-refractivity contribution in [2.75, 3.05) is 50.4 Å². The maximum absolute atomic E-state index is 13.8. The van der Waals surface area contributed by atoms with Crippen molar-refractivity contribution < 1.29 is 13.9 Å². The summed E-state index contributed by atoms with van der Waals surface area (Å²) < 4.78 is 18.6. The average Bonchev–Trinajstić information content (AvgIpc) is 2.54. The molecule has 1 heterocycles. The van der Waals surface area contributed by atoms with E-state index in [9.17, 15) is 9.18 Å². The number of carbonyl (C=O) groups excluding carboxylic acids is 1. The van der Waals surface area contributed by atoms with Crippen molar-refractivity contribution in [3.05, 3.63) is 35.8 Å². The zero-order valence-electron chi connectivity index (χ0n) is 14.3. The molecule has 0 saturated carbocycles. The lowest BCUT2D eigenvalue weighted by molar-refractivity contribution is 0.102. The Morgan fingerprint density at radius 3 is 2.46 bits per heavy atom. The van der Waals surface area contributed by atoms with Gasteiger partial charge in [0, 0.05) is 33.8 Å². The highest BCUT2D eigenvalue weighted by molar-refractivity contribution is 6.05. The molecule has 0 aliphatic heterocycles. The van der Waals surface area contributed by atoms with E-state index < -0.39 is 11.7 Å². The third-order valence-corrected chi connectivity index (χ3v) is 3.24. The van der Waals surface area contributed by atoms with Gasteiger partial charge in [-0.15, -0.1) is 0 Å². The summed E-state index contributed by atoms with van der Waals surface area (Å²) in [6, 6.07) is 4.02. The summed E-state index contributed by atoms with van der Waals surface area (Å²) >= 11 is 0. The smallest absolute Gasteiger partial charge is 0.255 e. The standard InChI is InChI=1S/C16H20FN5O2/c1-21(2)14-12(9-18-16(20-14)22(3)4)19-15(23)10-6-7-13(24-5)11(17)8-10/h6-9H,1-5H3,(H,19,23). The number of nitrogens with one attached hydrogen (secondary N) is 1. The Hall–Kier alpha value is -2.90. The van der Waals surface area contributed by atoms with Gasteiger partial charge in [0.05, 0.1) is 13.3 Å². The van der Waals surface area contributed by atoms with Gasteiger partial charge in [0.15, 0.2) is 17.4 Å². The summed E-state index contributed by atoms with van der Waals surface area (Å²) in [6.45, 7) is 0. The summed E-state index contributed by atoms with van der Waals surface area (Å²) in [7, 11) is 8.64. The maximum Gasteiger partial charge on any atom is 0.255 e. The van der Waals surface area contributed by atoms with E-state index in [0.29, 0.717) is 17.5 Å². The molecule has 1 N–H and O–H groups in total. The first-order valence-electron chi connectivity index (χ1n) is 7.20. The molecule has 0 aliphatic rings. The number of aromatic nitrogens is 2. The first-order chi connectivity index (χ1) is 11.3. The minimum absolute atomic E-state index is 0.0826. The van der Waals surface area contributed by atoms with Crippen molar-refractivity contribution >= 4 is 23.4 Å². The van der Waals surface area contributed by atoms with Gasteiger partial charge in [-0.05, 0) is 18.2 Å². The molecule has 2 rings (SSSR count). The fourth-order valence-electron chi connectivity index (χ4n) is 2.01. The molecule has 0 fully saturated rings. The van der Waals surface area contributed by atoms with Gasteiger partial charge >= 0.3 is 0 Å². The number of methoxy groups -OCH3 is 1. The Morgan fingerprint density at radius 2 is 1.92 bits per heavy atom. The first-order valence-corrected chi connectivity index (χ1v) is 7.20. The molecular weight excluding hydrogens is 313 g/mol. The molecule has 1 aromatic heterocycles. The number of carbonyl (C=O) groups is 1. The van der Waals surface area contributed by atoms with Gasteiger partial charge in [0.2, 0.25) is 5.95 Å². The lowest BCUT2D eigenvalue weighted by atomic mass is 10.2. The van der Waals surface area contributed by atoms with Gasteiger partial charge < -0.3 is 19.9 Å². The second-order valence-electron chi connectivity index (χ2n) is 5.50. The third-order valence-electron chi connectivity index (χ3n) is 3.24. The quantitative estimate of drug-likeness (QED) is 0.902. The van der Waals surface area contributed by atoms with Crippen LogP contribution in [0.4, 0.5) is 21.8 Å². The molecule has 0 aliphatic carbocycles. The highest BCUT2D eigenvalue weighted by Crippen LogP contribution is 2.24. The van der Waals surface area contributed by atoms with Crippen LogP contribution in [0, 0.1) is 5.82 Å². The summed E-state index contributed by atoms with van der Waals surface area (Å²) in [6.07, 6.45) is 1.52. The minimum atomic E-state index is -0.600. The molecule has 0 bridgehead atoms. The number of hydrogen-bond donors (Lipinski definition) is 1. The number of ether oxygens (including phenoxy) is 1. The van der Waals surface area contributed by atoms with E-state index in [-0.39, 0.29) is 11.3 Å². The number of anilines is 3. The maximum atomic E-state index is 13.8. The fraction of sp³-hybridized carbons (Fsp3) is 0.312. The topological polar surface area (TPSA) is 70.6 Å². The number of rotatable bonds is 5. The van der Waals surface area contributed by atoms with Gasteiger partial charge in [0.1, 0.15) is 5.69 Å².